The summed E-state index contributed by atoms with van der Waals surface area (Å²) in [7, 11) is -3.23. The Bertz CT molecular complexity index is 848. The van der Waals surface area contributed by atoms with E-state index in [-0.39, 0.29) is 18.5 Å². The molecule has 3 rings (SSSR count). The number of sulfonamides is 1. The van der Waals surface area contributed by atoms with Crippen molar-refractivity contribution in [3.8, 4) is 0 Å². The number of nitrogens with one attached hydrogen (secondary N) is 1. The molecule has 1 N–H and O–H groups in total. The Labute approximate surface area is 158 Å². The molecular weight excluding hydrogens is 372 g/mol. The maximum Gasteiger partial charge on any atom is 0.242 e. The summed E-state index contributed by atoms with van der Waals surface area (Å²) in [5.74, 6) is -0.00781. The topological polar surface area (TPSA) is 82.6 Å². The number of anilines is 1. The van der Waals surface area contributed by atoms with Crippen LogP contribution in [0.5, 0.6) is 0 Å². The Kier molecular flexibility index (Phi) is 5.91. The monoisotopic (exact) mass is 396 g/mol. The molecule has 1 aliphatic rings. The molecule has 0 bridgehead atoms. The lowest BCUT2D eigenvalue weighted by Gasteiger charge is -2.33. The van der Waals surface area contributed by atoms with Gasteiger partial charge >= 0.3 is 0 Å². The molecule has 0 saturated carbocycles. The van der Waals surface area contributed by atoms with Gasteiger partial charge in [-0.25, -0.2) is 18.1 Å². The van der Waals surface area contributed by atoms with Crippen LogP contribution >= 0.6 is 11.3 Å². The van der Waals surface area contributed by atoms with E-state index in [1.165, 1.54) is 17.6 Å². The fraction of sp³-hybridized carbons (Fsp3) is 0.529. The SMILES string of the molecule is CCN(C(=O)CN1CCCC(NS(C)(=O)=O)C1)c1nc2ccccc2s1. The zero-order valence-electron chi connectivity index (χ0n) is 15.0. The van der Waals surface area contributed by atoms with E-state index in [0.717, 1.165) is 29.6 Å². The maximum absolute atomic E-state index is 12.8. The van der Waals surface area contributed by atoms with Crippen molar-refractivity contribution in [2.24, 2.45) is 0 Å². The molecule has 1 atom stereocenters. The standard InChI is InChI=1S/C17H24N4O3S2/c1-3-21(17-18-14-8-4-5-9-15(14)25-17)16(22)12-20-10-6-7-13(11-20)19-26(2,23)24/h4-5,8-9,13,19H,3,6-7,10-12H2,1-2H3. The van der Waals surface area contributed by atoms with Crippen LogP contribution in [0.1, 0.15) is 19.8 Å². The lowest BCUT2D eigenvalue weighted by molar-refractivity contribution is -0.120. The summed E-state index contributed by atoms with van der Waals surface area (Å²) in [6.45, 7) is 4.11. The average Bonchev–Trinajstić information content (AvgIpc) is 2.97. The molecule has 2 aromatic rings. The van der Waals surface area contributed by atoms with Gasteiger partial charge in [-0.05, 0) is 38.4 Å². The Morgan fingerprint density at radius 1 is 1.42 bits per heavy atom. The molecule has 7 nitrogen and oxygen atoms in total. The van der Waals surface area contributed by atoms with Crippen molar-refractivity contribution >= 4 is 42.6 Å². The third kappa shape index (κ3) is 4.79. The number of nitrogens with zero attached hydrogens (tertiary/aromatic N) is 3. The number of rotatable bonds is 6. The highest BCUT2D eigenvalue weighted by Gasteiger charge is 2.26. The van der Waals surface area contributed by atoms with Crippen LogP contribution in [-0.4, -0.2) is 62.7 Å². The van der Waals surface area contributed by atoms with Gasteiger partial charge in [-0.3, -0.25) is 14.6 Å². The first-order valence-electron chi connectivity index (χ1n) is 8.71. The van der Waals surface area contributed by atoms with Crippen molar-refractivity contribution < 1.29 is 13.2 Å². The zero-order chi connectivity index (χ0) is 18.7. The van der Waals surface area contributed by atoms with Crippen LogP contribution in [0.25, 0.3) is 10.2 Å². The summed E-state index contributed by atoms with van der Waals surface area (Å²) in [4.78, 5) is 21.1. The second-order valence-electron chi connectivity index (χ2n) is 6.57. The highest BCUT2D eigenvalue weighted by Crippen LogP contribution is 2.28. The third-order valence-electron chi connectivity index (χ3n) is 4.38. The number of piperidine rings is 1. The maximum atomic E-state index is 12.8. The first-order chi connectivity index (χ1) is 12.4. The number of carbonyl (C=O) groups excluding carboxylic acids is 1. The second-order valence-corrected chi connectivity index (χ2v) is 9.36. The van der Waals surface area contributed by atoms with E-state index >= 15 is 0 Å². The third-order valence-corrected chi connectivity index (χ3v) is 6.20. The molecule has 0 radical (unpaired) electrons. The minimum atomic E-state index is -3.23. The van der Waals surface area contributed by atoms with E-state index in [2.05, 4.69) is 9.71 Å². The fourth-order valence-electron chi connectivity index (χ4n) is 3.27. The van der Waals surface area contributed by atoms with E-state index in [9.17, 15) is 13.2 Å². The smallest absolute Gasteiger partial charge is 0.242 e. The number of hydrogen-bond acceptors (Lipinski definition) is 6. The van der Waals surface area contributed by atoms with Gasteiger partial charge < -0.3 is 0 Å². The number of aromatic nitrogens is 1. The van der Waals surface area contributed by atoms with Gasteiger partial charge in [0.15, 0.2) is 5.13 Å². The van der Waals surface area contributed by atoms with Gasteiger partial charge in [-0.1, -0.05) is 23.5 Å². The van der Waals surface area contributed by atoms with Gasteiger partial charge in [0.2, 0.25) is 15.9 Å². The molecule has 2 heterocycles. The van der Waals surface area contributed by atoms with Crippen molar-refractivity contribution in [3.63, 3.8) is 0 Å². The Morgan fingerprint density at radius 2 is 2.19 bits per heavy atom. The average molecular weight is 397 g/mol. The van der Waals surface area contributed by atoms with Crippen LogP contribution in [-0.2, 0) is 14.8 Å². The summed E-state index contributed by atoms with van der Waals surface area (Å²) in [6, 6.07) is 7.71. The Morgan fingerprint density at radius 3 is 2.88 bits per heavy atom. The van der Waals surface area contributed by atoms with E-state index in [1.54, 1.807) is 4.90 Å². The summed E-state index contributed by atoms with van der Waals surface area (Å²) >= 11 is 1.51. The van der Waals surface area contributed by atoms with Crippen molar-refractivity contribution in [2.45, 2.75) is 25.8 Å². The van der Waals surface area contributed by atoms with Crippen molar-refractivity contribution in [1.82, 2.24) is 14.6 Å². The fourth-order valence-corrected chi connectivity index (χ4v) is 5.11. The van der Waals surface area contributed by atoms with Crippen LogP contribution in [0.2, 0.25) is 0 Å². The summed E-state index contributed by atoms with van der Waals surface area (Å²) < 4.78 is 26.6. The molecular formula is C17H24N4O3S2. The number of likely N-dealkylation sites (tertiary alicyclic amines) is 1. The number of para-hydroxylation sites is 1. The minimum Gasteiger partial charge on any atom is -0.293 e. The quantitative estimate of drug-likeness (QED) is 0.803. The van der Waals surface area contributed by atoms with Gasteiger partial charge in [0, 0.05) is 19.1 Å². The second kappa shape index (κ2) is 7.99. The number of benzene rings is 1. The summed E-state index contributed by atoms with van der Waals surface area (Å²) in [5, 5.41) is 0.710. The molecule has 1 amide bonds. The molecule has 26 heavy (non-hydrogen) atoms. The number of fused-ring (bicyclic) bond motifs is 1. The zero-order valence-corrected chi connectivity index (χ0v) is 16.6. The highest BCUT2D eigenvalue weighted by atomic mass is 32.2. The molecule has 1 aromatic carbocycles. The van der Waals surface area contributed by atoms with Crippen LogP contribution in [0.3, 0.4) is 0 Å². The van der Waals surface area contributed by atoms with Crippen molar-refractivity contribution in [1.29, 1.82) is 0 Å². The Balaban J connectivity index is 1.67. The molecule has 1 fully saturated rings. The van der Waals surface area contributed by atoms with E-state index in [1.807, 2.05) is 36.1 Å². The largest absolute Gasteiger partial charge is 0.293 e. The van der Waals surface area contributed by atoms with Gasteiger partial charge in [0.1, 0.15) is 0 Å². The van der Waals surface area contributed by atoms with E-state index < -0.39 is 10.0 Å². The number of carbonyl (C=O) groups is 1. The predicted molar refractivity (Wildman–Crippen MR) is 105 cm³/mol. The first kappa shape index (κ1) is 19.2. The predicted octanol–water partition coefficient (Wildman–Crippen LogP) is 1.66. The van der Waals surface area contributed by atoms with Gasteiger partial charge in [0.05, 0.1) is 23.0 Å². The lowest BCUT2D eigenvalue weighted by atomic mass is 10.1. The molecule has 1 aliphatic heterocycles. The van der Waals surface area contributed by atoms with Crippen LogP contribution < -0.4 is 9.62 Å². The summed E-state index contributed by atoms with van der Waals surface area (Å²) in [6.07, 6.45) is 2.84. The molecule has 9 heteroatoms. The number of amides is 1. The summed E-state index contributed by atoms with van der Waals surface area (Å²) in [5.41, 5.74) is 0.897. The molecule has 1 unspecified atom stereocenters. The van der Waals surface area contributed by atoms with Crippen molar-refractivity contribution in [2.75, 3.05) is 37.3 Å². The molecule has 1 aromatic heterocycles. The molecule has 142 valence electrons. The first-order valence-corrected chi connectivity index (χ1v) is 11.4. The molecule has 0 aliphatic carbocycles. The van der Waals surface area contributed by atoms with E-state index in [4.69, 9.17) is 0 Å². The highest BCUT2D eigenvalue weighted by molar-refractivity contribution is 7.88. The van der Waals surface area contributed by atoms with Crippen molar-refractivity contribution in [3.05, 3.63) is 24.3 Å². The minimum absolute atomic E-state index is 0.00781. The Hall–Kier alpha value is -1.55. The van der Waals surface area contributed by atoms with E-state index in [0.29, 0.717) is 18.2 Å². The van der Waals surface area contributed by atoms with Gasteiger partial charge in [-0.15, -0.1) is 0 Å². The van der Waals surface area contributed by atoms with Crippen LogP contribution in [0, 0.1) is 0 Å². The number of thiazole rings is 1. The van der Waals surface area contributed by atoms with Gasteiger partial charge in [0.25, 0.3) is 0 Å². The lowest BCUT2D eigenvalue weighted by Crippen LogP contribution is -2.50. The van der Waals surface area contributed by atoms with Gasteiger partial charge in [-0.2, -0.15) is 0 Å². The number of hydrogen-bond donors (Lipinski definition) is 1. The normalized spacial score (nSPS) is 18.9. The van der Waals surface area contributed by atoms with Crippen LogP contribution in [0.4, 0.5) is 5.13 Å². The molecule has 1 saturated heterocycles. The van der Waals surface area contributed by atoms with Crippen LogP contribution in [0.15, 0.2) is 24.3 Å². The molecule has 0 spiro atoms. The number of likely N-dealkylation sites (N-methyl/N-ethyl adjacent to an activating group) is 1.